The van der Waals surface area contributed by atoms with E-state index in [1.54, 1.807) is 23.5 Å². The number of carbonyl (C=O) groups excluding carboxylic acids is 2. The van der Waals surface area contributed by atoms with E-state index in [9.17, 15) is 9.59 Å². The van der Waals surface area contributed by atoms with Gasteiger partial charge in [-0.25, -0.2) is 0 Å². The van der Waals surface area contributed by atoms with E-state index >= 15 is 0 Å². The van der Waals surface area contributed by atoms with Crippen molar-refractivity contribution < 1.29 is 14.7 Å². The number of carbonyl (C=O) groups is 2. The molecule has 0 bridgehead atoms. The topological polar surface area (TPSA) is 78.4 Å². The van der Waals surface area contributed by atoms with Crippen molar-refractivity contribution in [1.29, 1.82) is 0 Å². The largest absolute Gasteiger partial charge is 0.394 e. The van der Waals surface area contributed by atoms with Crippen molar-refractivity contribution in [2.24, 2.45) is 0 Å². The SMILES string of the molecule is CCC(CO)NC(=O)Cc1ccc(NC(=O)Cc2cccs2)cc1. The van der Waals surface area contributed by atoms with Gasteiger partial charge < -0.3 is 15.7 Å². The molecule has 0 aliphatic rings. The maximum absolute atomic E-state index is 11.9. The summed E-state index contributed by atoms with van der Waals surface area (Å²) in [5.74, 6) is -0.179. The van der Waals surface area contributed by atoms with Gasteiger partial charge in [0.15, 0.2) is 0 Å². The van der Waals surface area contributed by atoms with Gasteiger partial charge in [-0.15, -0.1) is 11.3 Å². The molecular formula is C18H22N2O3S. The summed E-state index contributed by atoms with van der Waals surface area (Å²) in [6.45, 7) is 1.85. The van der Waals surface area contributed by atoms with Crippen LogP contribution in [0.3, 0.4) is 0 Å². The van der Waals surface area contributed by atoms with E-state index in [2.05, 4.69) is 10.6 Å². The third kappa shape index (κ3) is 5.79. The van der Waals surface area contributed by atoms with E-state index in [0.717, 1.165) is 10.4 Å². The van der Waals surface area contributed by atoms with Crippen LogP contribution in [0.4, 0.5) is 5.69 Å². The number of anilines is 1. The van der Waals surface area contributed by atoms with Crippen molar-refractivity contribution in [1.82, 2.24) is 5.32 Å². The molecule has 0 radical (unpaired) electrons. The summed E-state index contributed by atoms with van der Waals surface area (Å²) in [4.78, 5) is 24.9. The van der Waals surface area contributed by atoms with Crippen LogP contribution >= 0.6 is 11.3 Å². The van der Waals surface area contributed by atoms with E-state index < -0.39 is 0 Å². The molecule has 0 saturated carbocycles. The fraction of sp³-hybridized carbons (Fsp3) is 0.333. The molecule has 2 rings (SSSR count). The second-order valence-corrected chi connectivity index (χ2v) is 6.57. The zero-order valence-corrected chi connectivity index (χ0v) is 14.4. The average molecular weight is 346 g/mol. The Morgan fingerprint density at radius 2 is 1.88 bits per heavy atom. The zero-order valence-electron chi connectivity index (χ0n) is 13.6. The number of hydrogen-bond donors (Lipinski definition) is 3. The minimum atomic E-state index is -0.201. The molecule has 1 atom stereocenters. The predicted molar refractivity (Wildman–Crippen MR) is 96.1 cm³/mol. The third-order valence-corrected chi connectivity index (χ3v) is 4.47. The van der Waals surface area contributed by atoms with Crippen LogP contribution in [0, 0.1) is 0 Å². The van der Waals surface area contributed by atoms with E-state index in [-0.39, 0.29) is 30.9 Å². The van der Waals surface area contributed by atoms with Crippen molar-refractivity contribution >= 4 is 28.8 Å². The average Bonchev–Trinajstić information content (AvgIpc) is 3.07. The Bertz CT molecular complexity index is 649. The number of rotatable bonds is 8. The minimum absolute atomic E-state index is 0.0581. The monoisotopic (exact) mass is 346 g/mol. The van der Waals surface area contributed by atoms with Gasteiger partial charge in [0.1, 0.15) is 0 Å². The highest BCUT2D eigenvalue weighted by molar-refractivity contribution is 7.10. The fourth-order valence-electron chi connectivity index (χ4n) is 2.22. The molecule has 2 amide bonds. The number of hydrogen-bond acceptors (Lipinski definition) is 4. The summed E-state index contributed by atoms with van der Waals surface area (Å²) in [7, 11) is 0. The number of aliphatic hydroxyl groups excluding tert-OH is 1. The number of nitrogens with one attached hydrogen (secondary N) is 2. The molecule has 24 heavy (non-hydrogen) atoms. The molecule has 5 nitrogen and oxygen atoms in total. The molecule has 6 heteroatoms. The summed E-state index contributed by atoms with van der Waals surface area (Å²) in [6.07, 6.45) is 1.30. The fourth-order valence-corrected chi connectivity index (χ4v) is 2.93. The van der Waals surface area contributed by atoms with Crippen molar-refractivity contribution in [3.8, 4) is 0 Å². The van der Waals surface area contributed by atoms with Gasteiger partial charge in [0.25, 0.3) is 0 Å². The number of benzene rings is 1. The van der Waals surface area contributed by atoms with Crippen LogP contribution in [-0.4, -0.2) is 29.6 Å². The number of aliphatic hydroxyl groups is 1. The predicted octanol–water partition coefficient (Wildman–Crippen LogP) is 2.36. The standard InChI is InChI=1S/C18H22N2O3S/c1-2-14(12-21)19-17(22)10-13-5-7-15(8-6-13)20-18(23)11-16-4-3-9-24-16/h3-9,14,21H,2,10-12H2,1H3,(H,19,22)(H,20,23). The first-order chi connectivity index (χ1) is 11.6. The highest BCUT2D eigenvalue weighted by Crippen LogP contribution is 2.13. The second-order valence-electron chi connectivity index (χ2n) is 5.53. The van der Waals surface area contributed by atoms with Gasteiger partial charge in [0, 0.05) is 10.6 Å². The Balaban J connectivity index is 1.84. The Kier molecular flexibility index (Phi) is 6.96. The number of amides is 2. The number of thiophene rings is 1. The van der Waals surface area contributed by atoms with E-state index in [1.165, 1.54) is 0 Å². The zero-order chi connectivity index (χ0) is 17.4. The lowest BCUT2D eigenvalue weighted by Gasteiger charge is -2.14. The second kappa shape index (κ2) is 9.20. The molecule has 2 aromatic rings. The van der Waals surface area contributed by atoms with E-state index in [4.69, 9.17) is 5.11 Å². The van der Waals surface area contributed by atoms with Gasteiger partial charge in [-0.05, 0) is 35.6 Å². The van der Waals surface area contributed by atoms with Crippen LogP contribution in [0.15, 0.2) is 41.8 Å². The summed E-state index contributed by atoms with van der Waals surface area (Å²) in [6, 6.07) is 10.9. The molecule has 0 aliphatic heterocycles. The van der Waals surface area contributed by atoms with Crippen LogP contribution in [0.1, 0.15) is 23.8 Å². The Morgan fingerprint density at radius 3 is 2.46 bits per heavy atom. The van der Waals surface area contributed by atoms with Crippen LogP contribution in [0.2, 0.25) is 0 Å². The minimum Gasteiger partial charge on any atom is -0.394 e. The van der Waals surface area contributed by atoms with Crippen LogP contribution in [-0.2, 0) is 22.4 Å². The quantitative estimate of drug-likeness (QED) is 0.686. The smallest absolute Gasteiger partial charge is 0.229 e. The first-order valence-electron chi connectivity index (χ1n) is 7.92. The highest BCUT2D eigenvalue weighted by atomic mass is 32.1. The summed E-state index contributed by atoms with van der Waals surface area (Å²) >= 11 is 1.56. The van der Waals surface area contributed by atoms with Crippen LogP contribution in [0.25, 0.3) is 0 Å². The lowest BCUT2D eigenvalue weighted by atomic mass is 10.1. The normalized spacial score (nSPS) is 11.8. The summed E-state index contributed by atoms with van der Waals surface area (Å²) in [5.41, 5.74) is 1.57. The van der Waals surface area contributed by atoms with Crippen LogP contribution < -0.4 is 10.6 Å². The van der Waals surface area contributed by atoms with Crippen molar-refractivity contribution in [3.63, 3.8) is 0 Å². The lowest BCUT2D eigenvalue weighted by Crippen LogP contribution is -2.37. The van der Waals surface area contributed by atoms with Gasteiger partial charge in [-0.2, -0.15) is 0 Å². The Labute approximate surface area is 145 Å². The van der Waals surface area contributed by atoms with E-state index in [0.29, 0.717) is 18.5 Å². The maximum atomic E-state index is 11.9. The Morgan fingerprint density at radius 1 is 1.12 bits per heavy atom. The first kappa shape index (κ1) is 18.2. The lowest BCUT2D eigenvalue weighted by molar-refractivity contribution is -0.121. The Hall–Kier alpha value is -2.18. The molecule has 1 heterocycles. The molecular weight excluding hydrogens is 324 g/mol. The van der Waals surface area contributed by atoms with Crippen molar-refractivity contribution in [2.45, 2.75) is 32.2 Å². The van der Waals surface area contributed by atoms with Gasteiger partial charge in [-0.3, -0.25) is 9.59 Å². The molecule has 0 saturated heterocycles. The molecule has 0 aliphatic carbocycles. The molecule has 3 N–H and O–H groups in total. The van der Waals surface area contributed by atoms with Gasteiger partial charge in [0.2, 0.25) is 11.8 Å². The third-order valence-electron chi connectivity index (χ3n) is 3.60. The maximum Gasteiger partial charge on any atom is 0.229 e. The van der Waals surface area contributed by atoms with Crippen molar-refractivity contribution in [3.05, 3.63) is 52.2 Å². The molecule has 128 valence electrons. The van der Waals surface area contributed by atoms with Crippen LogP contribution in [0.5, 0.6) is 0 Å². The highest BCUT2D eigenvalue weighted by Gasteiger charge is 2.10. The molecule has 1 unspecified atom stereocenters. The molecule has 0 spiro atoms. The molecule has 1 aromatic carbocycles. The van der Waals surface area contributed by atoms with E-state index in [1.807, 2.05) is 36.6 Å². The van der Waals surface area contributed by atoms with Crippen molar-refractivity contribution in [2.75, 3.05) is 11.9 Å². The summed E-state index contributed by atoms with van der Waals surface area (Å²) in [5, 5.41) is 16.7. The van der Waals surface area contributed by atoms with Gasteiger partial charge in [-0.1, -0.05) is 25.1 Å². The van der Waals surface area contributed by atoms with Gasteiger partial charge in [0.05, 0.1) is 25.5 Å². The first-order valence-corrected chi connectivity index (χ1v) is 8.80. The molecule has 1 aromatic heterocycles. The molecule has 0 fully saturated rings. The van der Waals surface area contributed by atoms with Gasteiger partial charge >= 0.3 is 0 Å². The summed E-state index contributed by atoms with van der Waals surface area (Å²) < 4.78 is 0.